The van der Waals surface area contributed by atoms with Gasteiger partial charge in [-0.15, -0.1) is 0 Å². The van der Waals surface area contributed by atoms with Crippen molar-refractivity contribution in [1.29, 1.82) is 0 Å². The molecule has 0 radical (unpaired) electrons. The molecule has 2 aliphatic heterocycles. The maximum absolute atomic E-state index is 15.0. The Morgan fingerprint density at radius 2 is 1.69 bits per heavy atom. The monoisotopic (exact) mass is 606 g/mol. The van der Waals surface area contributed by atoms with Crippen LogP contribution in [0.1, 0.15) is 48.9 Å². The van der Waals surface area contributed by atoms with Crippen molar-refractivity contribution in [2.75, 3.05) is 18.8 Å². The van der Waals surface area contributed by atoms with E-state index in [2.05, 4.69) is 25.2 Å². The number of para-hydroxylation sites is 1. The molecule has 0 bridgehead atoms. The number of rotatable bonds is 7. The van der Waals surface area contributed by atoms with Gasteiger partial charge in [-0.2, -0.15) is 9.49 Å². The number of likely N-dealkylation sites (tertiary alicyclic amines) is 1. The smallest absolute Gasteiger partial charge is 0.235 e. The van der Waals surface area contributed by atoms with Crippen LogP contribution in [-0.4, -0.2) is 54.5 Å². The molecular formula is C33H31FN8O3. The van der Waals surface area contributed by atoms with Crippen molar-refractivity contribution in [2.24, 2.45) is 0 Å². The van der Waals surface area contributed by atoms with E-state index in [0.29, 0.717) is 52.5 Å². The zero-order valence-corrected chi connectivity index (χ0v) is 24.4. The first kappa shape index (κ1) is 28.5. The lowest BCUT2D eigenvalue weighted by molar-refractivity contribution is -0.134. The van der Waals surface area contributed by atoms with Crippen molar-refractivity contribution < 1.29 is 18.7 Å². The topological polar surface area (TPSA) is 141 Å². The first-order valence-corrected chi connectivity index (χ1v) is 15.0. The molecule has 2 aliphatic rings. The van der Waals surface area contributed by atoms with Gasteiger partial charge in [0.1, 0.15) is 29.3 Å². The number of hydrogen-bond donors (Lipinski definition) is 2. The second-order valence-electron chi connectivity index (χ2n) is 11.4. The van der Waals surface area contributed by atoms with Crippen LogP contribution in [0.15, 0.2) is 73.1 Å². The average molecular weight is 607 g/mol. The molecule has 7 rings (SSSR count). The molecule has 2 amide bonds. The van der Waals surface area contributed by atoms with Crippen LogP contribution in [-0.2, 0) is 16.1 Å². The number of ether oxygens (including phenoxy) is 1. The number of anilines is 1. The van der Waals surface area contributed by atoms with Gasteiger partial charge in [-0.3, -0.25) is 19.8 Å². The van der Waals surface area contributed by atoms with E-state index in [-0.39, 0.29) is 18.4 Å². The molecule has 2 fully saturated rings. The van der Waals surface area contributed by atoms with Gasteiger partial charge in [0.05, 0.1) is 23.0 Å². The third kappa shape index (κ3) is 5.84. The summed E-state index contributed by atoms with van der Waals surface area (Å²) in [7, 11) is 0. The largest absolute Gasteiger partial charge is 0.457 e. The highest BCUT2D eigenvalue weighted by atomic mass is 19.1. The van der Waals surface area contributed by atoms with Gasteiger partial charge in [0.25, 0.3) is 0 Å². The number of halogens is 1. The van der Waals surface area contributed by atoms with Crippen LogP contribution in [0.25, 0.3) is 22.3 Å². The Kier molecular flexibility index (Phi) is 7.64. The summed E-state index contributed by atoms with van der Waals surface area (Å²) in [6.45, 7) is 1.85. The summed E-state index contributed by atoms with van der Waals surface area (Å²) in [5.41, 5.74) is 9.43. The number of piperidine rings is 2. The number of nitrogen functional groups attached to an aromatic ring is 1. The van der Waals surface area contributed by atoms with E-state index in [9.17, 15) is 9.59 Å². The molecule has 1 unspecified atom stereocenters. The number of imide groups is 1. The third-order valence-electron chi connectivity index (χ3n) is 8.47. The van der Waals surface area contributed by atoms with Crippen LogP contribution in [0.3, 0.4) is 0 Å². The molecule has 12 heteroatoms. The second kappa shape index (κ2) is 12.0. The highest BCUT2D eigenvalue weighted by Gasteiger charge is 2.30. The van der Waals surface area contributed by atoms with Gasteiger partial charge in [0, 0.05) is 37.2 Å². The van der Waals surface area contributed by atoms with Gasteiger partial charge < -0.3 is 10.5 Å². The number of benzene rings is 2. The van der Waals surface area contributed by atoms with E-state index in [1.54, 1.807) is 12.1 Å². The lowest BCUT2D eigenvalue weighted by Gasteiger charge is -2.32. The lowest BCUT2D eigenvalue weighted by atomic mass is 9.94. The minimum absolute atomic E-state index is 0.0744. The van der Waals surface area contributed by atoms with Gasteiger partial charge >= 0.3 is 0 Å². The minimum Gasteiger partial charge on any atom is -0.457 e. The molecule has 5 heterocycles. The Balaban J connectivity index is 1.05. The Morgan fingerprint density at radius 3 is 2.42 bits per heavy atom. The van der Waals surface area contributed by atoms with Crippen LogP contribution in [0.2, 0.25) is 0 Å². The van der Waals surface area contributed by atoms with Crippen LogP contribution in [0.5, 0.6) is 11.5 Å². The van der Waals surface area contributed by atoms with Crippen LogP contribution in [0.4, 0.5) is 10.2 Å². The zero-order chi connectivity index (χ0) is 30.9. The Bertz CT molecular complexity index is 1870. The van der Waals surface area contributed by atoms with Crippen molar-refractivity contribution in [3.8, 4) is 22.8 Å². The van der Waals surface area contributed by atoms with Crippen LogP contribution < -0.4 is 15.8 Å². The molecule has 5 aromatic rings. The molecule has 3 N–H and O–H groups in total. The first-order valence-electron chi connectivity index (χ1n) is 15.0. The van der Waals surface area contributed by atoms with Gasteiger partial charge in [-0.05, 0) is 61.7 Å². The van der Waals surface area contributed by atoms with Gasteiger partial charge in [0.2, 0.25) is 17.8 Å². The van der Waals surface area contributed by atoms with E-state index in [4.69, 9.17) is 15.6 Å². The fourth-order valence-electron chi connectivity index (χ4n) is 6.09. The molecule has 0 saturated carbocycles. The number of pyridine rings is 1. The maximum atomic E-state index is 15.0. The fraction of sp³-hybridized carbons (Fsp3) is 0.273. The minimum atomic E-state index is -0.616. The highest BCUT2D eigenvalue weighted by Crippen LogP contribution is 2.35. The predicted octanol–water partition coefficient (Wildman–Crippen LogP) is 4.76. The van der Waals surface area contributed by atoms with E-state index in [1.165, 1.54) is 6.33 Å². The van der Waals surface area contributed by atoms with Crippen LogP contribution >= 0.6 is 0 Å². The van der Waals surface area contributed by atoms with Crippen molar-refractivity contribution in [1.82, 2.24) is 34.9 Å². The number of fused-ring (bicyclic) bond motifs is 1. The number of amides is 2. The number of nitrogens with two attached hydrogens (primary N) is 1. The van der Waals surface area contributed by atoms with Crippen molar-refractivity contribution in [3.63, 3.8) is 0 Å². The number of aromatic nitrogens is 5. The van der Waals surface area contributed by atoms with E-state index in [0.717, 1.165) is 37.2 Å². The van der Waals surface area contributed by atoms with E-state index in [1.807, 2.05) is 59.3 Å². The maximum Gasteiger partial charge on any atom is 0.235 e. The molecule has 2 aromatic carbocycles. The summed E-state index contributed by atoms with van der Waals surface area (Å²) < 4.78 is 22.9. The van der Waals surface area contributed by atoms with Crippen LogP contribution in [0, 0.1) is 5.95 Å². The molecule has 0 spiro atoms. The summed E-state index contributed by atoms with van der Waals surface area (Å²) in [6, 6.07) is 20.8. The zero-order valence-electron chi connectivity index (χ0n) is 24.4. The van der Waals surface area contributed by atoms with Gasteiger partial charge in [-0.1, -0.05) is 24.3 Å². The third-order valence-corrected chi connectivity index (χ3v) is 8.47. The highest BCUT2D eigenvalue weighted by molar-refractivity contribution is 6.00. The van der Waals surface area contributed by atoms with Gasteiger partial charge in [0.15, 0.2) is 5.65 Å². The molecule has 0 aliphatic carbocycles. The summed E-state index contributed by atoms with van der Waals surface area (Å²) in [6.07, 6.45) is 3.58. The van der Waals surface area contributed by atoms with Crippen molar-refractivity contribution >= 4 is 28.7 Å². The Hall–Kier alpha value is -5.23. The molecule has 11 nitrogen and oxygen atoms in total. The van der Waals surface area contributed by atoms with Crippen molar-refractivity contribution in [2.45, 2.75) is 44.2 Å². The Labute approximate surface area is 258 Å². The summed E-state index contributed by atoms with van der Waals surface area (Å²) in [5, 5.41) is 8.01. The number of nitrogens with zero attached hydrogens (tertiary/aromatic N) is 6. The first-order chi connectivity index (χ1) is 21.9. The molecule has 2 saturated heterocycles. The van der Waals surface area contributed by atoms with E-state index >= 15 is 4.39 Å². The van der Waals surface area contributed by atoms with Crippen molar-refractivity contribution in [3.05, 3.63) is 90.3 Å². The molecule has 1 atom stereocenters. The molecule has 228 valence electrons. The molecule has 45 heavy (non-hydrogen) atoms. The summed E-state index contributed by atoms with van der Waals surface area (Å²) in [4.78, 5) is 38.7. The number of hydrogen-bond acceptors (Lipinski definition) is 9. The SMILES string of the molecule is Nc1ncnc2c1c(-c1ccc(Oc3ccccc3)cc1)nn2C1CCN(Cc2ccc(C3CCC(=O)NC3=O)nc2F)CC1. The predicted molar refractivity (Wildman–Crippen MR) is 165 cm³/mol. The number of nitrogens with one attached hydrogen (secondary N) is 1. The number of carbonyl (C=O) groups is 2. The van der Waals surface area contributed by atoms with E-state index < -0.39 is 17.8 Å². The quantitative estimate of drug-likeness (QED) is 0.198. The molecular weight excluding hydrogens is 575 g/mol. The lowest BCUT2D eigenvalue weighted by Crippen LogP contribution is -2.39. The fourth-order valence-corrected chi connectivity index (χ4v) is 6.09. The average Bonchev–Trinajstić information content (AvgIpc) is 3.44. The Morgan fingerprint density at radius 1 is 0.933 bits per heavy atom. The summed E-state index contributed by atoms with van der Waals surface area (Å²) in [5.74, 6) is -0.107. The standard InChI is InChI=1S/C33H31FN8O3/c34-30-21(8-12-26(38-30)25-11-13-27(43)39-33(25)44)18-41-16-14-22(15-17-41)42-32-28(31(35)36-19-37-32)29(40-42)20-6-9-24(10-7-20)45-23-4-2-1-3-5-23/h1-10,12,19,22,25H,11,13-18H2,(H2,35,36,37)(H,39,43,44). The summed E-state index contributed by atoms with van der Waals surface area (Å²) >= 11 is 0. The molecule has 3 aromatic heterocycles. The normalized spacial score (nSPS) is 17.8. The number of carbonyl (C=O) groups excluding carboxylic acids is 2. The second-order valence-corrected chi connectivity index (χ2v) is 11.4. The van der Waals surface area contributed by atoms with Gasteiger partial charge in [-0.25, -0.2) is 19.6 Å².